The molecule has 3 aliphatic rings. The van der Waals surface area contributed by atoms with E-state index in [2.05, 4.69) is 109 Å². The van der Waals surface area contributed by atoms with Gasteiger partial charge in [-0.25, -0.2) is 0 Å². The third kappa shape index (κ3) is 19.0. The molecule has 0 heteroatoms. The third-order valence-electron chi connectivity index (χ3n) is 5.91. The maximum Gasteiger partial charge on any atom is -0.0319 e. The van der Waals surface area contributed by atoms with Crippen LogP contribution in [-0.2, 0) is 0 Å². The van der Waals surface area contributed by atoms with Gasteiger partial charge in [-0.1, -0.05) is 109 Å². The topological polar surface area (TPSA) is 0 Å². The van der Waals surface area contributed by atoms with Crippen LogP contribution in [0.25, 0.3) is 0 Å². The molecule has 31 heavy (non-hydrogen) atoms. The van der Waals surface area contributed by atoms with Crippen LogP contribution in [0.1, 0.15) is 135 Å². The molecule has 0 bridgehead atoms. The van der Waals surface area contributed by atoms with E-state index in [1.807, 2.05) is 0 Å². The van der Waals surface area contributed by atoms with Gasteiger partial charge in [0.1, 0.15) is 0 Å². The van der Waals surface area contributed by atoms with Crippen molar-refractivity contribution in [1.82, 2.24) is 0 Å². The van der Waals surface area contributed by atoms with Gasteiger partial charge in [0, 0.05) is 0 Å². The van der Waals surface area contributed by atoms with Gasteiger partial charge in [0.15, 0.2) is 0 Å². The minimum atomic E-state index is 0.500. The van der Waals surface area contributed by atoms with Crippen molar-refractivity contribution in [2.75, 3.05) is 0 Å². The Morgan fingerprint density at radius 2 is 0.645 bits per heavy atom. The first-order valence-corrected chi connectivity index (χ1v) is 13.4. The second-order valence-electron chi connectivity index (χ2n) is 15.9. The molecule has 0 spiro atoms. The van der Waals surface area contributed by atoms with Gasteiger partial charge in [0.25, 0.3) is 0 Å². The Morgan fingerprint density at radius 1 is 0.419 bits per heavy atom. The molecule has 0 heterocycles. The minimum Gasteiger partial charge on any atom is -0.0882 e. The summed E-state index contributed by atoms with van der Waals surface area (Å²) >= 11 is 0. The van der Waals surface area contributed by atoms with Crippen LogP contribution in [-0.4, -0.2) is 0 Å². The fraction of sp³-hybridized carbons (Fsp3) is 0.935. The summed E-state index contributed by atoms with van der Waals surface area (Å²) in [5, 5.41) is 0. The van der Waals surface area contributed by atoms with Crippen LogP contribution in [0.4, 0.5) is 0 Å². The third-order valence-corrected chi connectivity index (χ3v) is 5.91. The van der Waals surface area contributed by atoms with E-state index in [9.17, 15) is 0 Å². The summed E-state index contributed by atoms with van der Waals surface area (Å²) in [5.41, 5.74) is 1.50. The van der Waals surface area contributed by atoms with Gasteiger partial charge < -0.3 is 0 Å². The maximum atomic E-state index is 2.48. The molecule has 0 aromatic carbocycles. The molecule has 0 saturated heterocycles. The first-order valence-electron chi connectivity index (χ1n) is 13.4. The molecule has 2 fully saturated rings. The molecule has 0 aromatic heterocycles. The molecule has 3 rings (SSSR count). The highest BCUT2D eigenvalue weighted by Gasteiger charge is 2.41. The quantitative estimate of drug-likeness (QED) is 0.332. The lowest BCUT2D eigenvalue weighted by Gasteiger charge is -2.48. The second-order valence-corrected chi connectivity index (χ2v) is 15.9. The van der Waals surface area contributed by atoms with E-state index in [1.54, 1.807) is 12.8 Å². The number of allylic oxidation sites excluding steroid dienone is 2. The van der Waals surface area contributed by atoms with E-state index in [0.717, 1.165) is 35.5 Å². The van der Waals surface area contributed by atoms with Crippen LogP contribution in [0.15, 0.2) is 12.2 Å². The zero-order valence-electron chi connectivity index (χ0n) is 24.4. The summed E-state index contributed by atoms with van der Waals surface area (Å²) in [6.45, 7) is 31.2. The van der Waals surface area contributed by atoms with E-state index in [1.165, 1.54) is 25.7 Å². The number of hydrogen-bond acceptors (Lipinski definition) is 0. The summed E-state index contributed by atoms with van der Waals surface area (Å²) in [6.07, 6.45) is 13.8. The van der Waals surface area contributed by atoms with Crippen LogP contribution in [0.2, 0.25) is 0 Å². The zero-order chi connectivity index (χ0) is 24.6. The van der Waals surface area contributed by atoms with Crippen molar-refractivity contribution >= 4 is 0 Å². The fourth-order valence-corrected chi connectivity index (χ4v) is 4.66. The monoisotopic (exact) mass is 434 g/mol. The smallest absolute Gasteiger partial charge is 0.0319 e. The summed E-state index contributed by atoms with van der Waals surface area (Å²) in [5.74, 6) is 6.23. The molecular weight excluding hydrogens is 372 g/mol. The van der Waals surface area contributed by atoms with Gasteiger partial charge in [-0.3, -0.25) is 0 Å². The fourth-order valence-electron chi connectivity index (χ4n) is 4.66. The molecule has 0 radical (unpaired) electrons. The van der Waals surface area contributed by atoms with E-state index in [0.29, 0.717) is 16.2 Å². The minimum absolute atomic E-state index is 0.500. The van der Waals surface area contributed by atoms with Crippen LogP contribution in [0.5, 0.6) is 0 Å². The second kappa shape index (κ2) is 12.8. The van der Waals surface area contributed by atoms with Crippen molar-refractivity contribution in [3.63, 3.8) is 0 Å². The van der Waals surface area contributed by atoms with Gasteiger partial charge in [-0.15, -0.1) is 0 Å². The first kappa shape index (κ1) is 30.7. The van der Waals surface area contributed by atoms with E-state index in [-0.39, 0.29) is 0 Å². The molecular formula is C31H62. The molecule has 6 unspecified atom stereocenters. The van der Waals surface area contributed by atoms with Crippen molar-refractivity contribution in [2.24, 2.45) is 51.8 Å². The van der Waals surface area contributed by atoms with Crippen molar-refractivity contribution in [2.45, 2.75) is 135 Å². The standard InChI is InChI=1S/C16H26.3C5H12/c1-11-7-15-9-13-5-3-4-6-14(13)10-16(15)8-12(11)2;3*1-5(2,3)4/h3-4,11-16H,5-10H2,1-2H3;3*1-4H3. The van der Waals surface area contributed by atoms with E-state index in [4.69, 9.17) is 0 Å². The number of fused-ring (bicyclic) bond motifs is 2. The van der Waals surface area contributed by atoms with Crippen LogP contribution >= 0.6 is 0 Å². The molecule has 6 atom stereocenters. The maximum absolute atomic E-state index is 2.48. The molecule has 186 valence electrons. The lowest BCUT2D eigenvalue weighted by Crippen LogP contribution is -2.38. The molecule has 0 aliphatic heterocycles. The highest BCUT2D eigenvalue weighted by atomic mass is 14.5. The molecule has 2 saturated carbocycles. The molecule has 0 nitrogen and oxygen atoms in total. The van der Waals surface area contributed by atoms with Gasteiger partial charge in [0.05, 0.1) is 0 Å². The highest BCUT2D eigenvalue weighted by molar-refractivity contribution is 5.00. The van der Waals surface area contributed by atoms with Crippen LogP contribution < -0.4 is 0 Å². The Labute approximate surface area is 199 Å². The summed E-state index contributed by atoms with van der Waals surface area (Å²) < 4.78 is 0. The van der Waals surface area contributed by atoms with Gasteiger partial charge >= 0.3 is 0 Å². The Hall–Kier alpha value is -0.260. The van der Waals surface area contributed by atoms with Crippen molar-refractivity contribution < 1.29 is 0 Å². The predicted molar refractivity (Wildman–Crippen MR) is 145 cm³/mol. The molecule has 0 N–H and O–H groups in total. The zero-order valence-corrected chi connectivity index (χ0v) is 24.4. The van der Waals surface area contributed by atoms with Gasteiger partial charge in [0.2, 0.25) is 0 Å². The molecule has 0 aromatic rings. The average Bonchev–Trinajstić information content (AvgIpc) is 2.49. The largest absolute Gasteiger partial charge is 0.0882 e. The van der Waals surface area contributed by atoms with Crippen LogP contribution in [0, 0.1) is 51.8 Å². The van der Waals surface area contributed by atoms with Crippen LogP contribution in [0.3, 0.4) is 0 Å². The van der Waals surface area contributed by atoms with E-state index >= 15 is 0 Å². The van der Waals surface area contributed by atoms with E-state index < -0.39 is 0 Å². The normalized spacial score (nSPS) is 32.6. The Balaban J connectivity index is 0.000000498. The Morgan fingerprint density at radius 3 is 0.871 bits per heavy atom. The summed E-state index contributed by atoms with van der Waals surface area (Å²) in [6, 6.07) is 0. The lowest BCUT2D eigenvalue weighted by molar-refractivity contribution is 0.0338. The van der Waals surface area contributed by atoms with Crippen molar-refractivity contribution in [3.05, 3.63) is 12.2 Å². The van der Waals surface area contributed by atoms with Gasteiger partial charge in [-0.05, 0) is 90.3 Å². The molecule has 3 aliphatic carbocycles. The van der Waals surface area contributed by atoms with Gasteiger partial charge in [-0.2, -0.15) is 0 Å². The Kier molecular flexibility index (Phi) is 12.7. The predicted octanol–water partition coefficient (Wildman–Crippen LogP) is 10.8. The number of hydrogen-bond donors (Lipinski definition) is 0. The SMILES string of the molecule is CC(C)(C)C.CC(C)(C)C.CC(C)(C)C.CC1CC2CC3CC=CCC3CC2CC1C. The average molecular weight is 435 g/mol. The number of rotatable bonds is 0. The summed E-state index contributed by atoms with van der Waals surface area (Å²) in [4.78, 5) is 0. The highest BCUT2D eigenvalue weighted by Crippen LogP contribution is 2.51. The molecule has 0 amide bonds. The van der Waals surface area contributed by atoms with Crippen molar-refractivity contribution in [1.29, 1.82) is 0 Å². The lowest BCUT2D eigenvalue weighted by atomic mass is 9.58. The Bertz CT molecular complexity index is 415. The summed E-state index contributed by atoms with van der Waals surface area (Å²) in [7, 11) is 0. The van der Waals surface area contributed by atoms with Crippen molar-refractivity contribution in [3.8, 4) is 0 Å². The first-order chi connectivity index (χ1) is 13.7.